The molecule has 1 rings (SSSR count). The third kappa shape index (κ3) is 3.31. The van der Waals surface area contributed by atoms with Crippen LogP contribution >= 0.6 is 11.6 Å². The van der Waals surface area contributed by atoms with Gasteiger partial charge in [0.25, 0.3) is 0 Å². The summed E-state index contributed by atoms with van der Waals surface area (Å²) < 4.78 is 10.1. The molecule has 0 bridgehead atoms. The molecule has 0 saturated heterocycles. The van der Waals surface area contributed by atoms with Crippen LogP contribution in [-0.2, 0) is 4.79 Å². The first-order valence-electron chi connectivity index (χ1n) is 4.98. The average molecular weight is 285 g/mol. The maximum absolute atomic E-state index is 10.9. The van der Waals surface area contributed by atoms with E-state index in [1.807, 2.05) is 0 Å². The maximum atomic E-state index is 10.9. The van der Waals surface area contributed by atoms with Gasteiger partial charge in [0, 0.05) is 0 Å². The van der Waals surface area contributed by atoms with Crippen LogP contribution in [0.4, 0.5) is 0 Å². The highest BCUT2D eigenvalue weighted by atomic mass is 35.5. The van der Waals surface area contributed by atoms with Crippen molar-refractivity contribution in [3.63, 3.8) is 0 Å². The van der Waals surface area contributed by atoms with Gasteiger partial charge in [0.1, 0.15) is 5.53 Å². The molecule has 0 unspecified atom stereocenters. The SMILES string of the molecule is COc1ccc(/C=C(\N=[N+]=N)C(=O)O)c(Cl)c1OC. The van der Waals surface area contributed by atoms with Gasteiger partial charge in [0.15, 0.2) is 16.6 Å². The Labute approximate surface area is 113 Å². The van der Waals surface area contributed by atoms with E-state index in [-0.39, 0.29) is 10.8 Å². The molecule has 7 nitrogen and oxygen atoms in total. The van der Waals surface area contributed by atoms with Crippen molar-refractivity contribution in [3.05, 3.63) is 28.4 Å². The summed E-state index contributed by atoms with van der Waals surface area (Å²) in [6.07, 6.45) is 1.19. The third-order valence-corrected chi connectivity index (χ3v) is 2.57. The fourth-order valence-electron chi connectivity index (χ4n) is 1.35. The van der Waals surface area contributed by atoms with E-state index in [9.17, 15) is 4.79 Å². The maximum Gasteiger partial charge on any atom is 0.362 e. The Bertz CT molecular complexity index is 576. The van der Waals surface area contributed by atoms with Gasteiger partial charge >= 0.3 is 5.97 Å². The fraction of sp³-hybridized carbons (Fsp3) is 0.182. The van der Waals surface area contributed by atoms with Crippen LogP contribution in [0, 0.1) is 5.53 Å². The minimum atomic E-state index is -1.32. The molecule has 100 valence electrons. The number of halogens is 1. The van der Waals surface area contributed by atoms with E-state index in [1.54, 1.807) is 12.1 Å². The van der Waals surface area contributed by atoms with Crippen molar-refractivity contribution < 1.29 is 19.4 Å². The number of aliphatic carboxylic acids is 1. The van der Waals surface area contributed by atoms with E-state index >= 15 is 0 Å². The zero-order valence-corrected chi connectivity index (χ0v) is 10.9. The summed E-state index contributed by atoms with van der Waals surface area (Å²) in [6.45, 7) is 0. The van der Waals surface area contributed by atoms with E-state index in [2.05, 4.69) is 10.0 Å². The number of ether oxygens (including phenoxy) is 2. The summed E-state index contributed by atoms with van der Waals surface area (Å²) in [5.74, 6) is -0.615. The first-order chi connectivity index (χ1) is 9.04. The molecule has 0 aliphatic carbocycles. The molecule has 0 saturated carbocycles. The van der Waals surface area contributed by atoms with E-state index in [0.29, 0.717) is 11.3 Å². The molecular formula is C11H11ClN3O4+. The normalized spacial score (nSPS) is 10.6. The number of rotatable bonds is 5. The van der Waals surface area contributed by atoms with Crippen LogP contribution < -0.4 is 14.4 Å². The van der Waals surface area contributed by atoms with Gasteiger partial charge < -0.3 is 14.6 Å². The molecule has 0 radical (unpaired) electrons. The summed E-state index contributed by atoms with van der Waals surface area (Å²) in [5, 5.41) is 12.2. The van der Waals surface area contributed by atoms with Crippen LogP contribution in [0.25, 0.3) is 6.08 Å². The third-order valence-electron chi connectivity index (χ3n) is 2.18. The smallest absolute Gasteiger partial charge is 0.362 e. The lowest BCUT2D eigenvalue weighted by Crippen LogP contribution is -1.98. The van der Waals surface area contributed by atoms with E-state index in [1.165, 1.54) is 20.3 Å². The second-order valence-electron chi connectivity index (χ2n) is 3.24. The van der Waals surface area contributed by atoms with Crippen molar-refractivity contribution in [3.8, 4) is 11.5 Å². The summed E-state index contributed by atoms with van der Waals surface area (Å²) in [7, 11) is 2.87. The number of hydrogen-bond donors (Lipinski definition) is 2. The molecule has 19 heavy (non-hydrogen) atoms. The van der Waals surface area contributed by atoms with Crippen LogP contribution in [0.5, 0.6) is 11.5 Å². The topological polar surface area (TPSA) is 106 Å². The number of methoxy groups -OCH3 is 2. The van der Waals surface area contributed by atoms with Gasteiger partial charge in [-0.1, -0.05) is 11.6 Å². The number of nitrogens with one attached hydrogen (secondary N) is 1. The summed E-state index contributed by atoms with van der Waals surface area (Å²) in [6, 6.07) is 3.12. The number of carboxylic acid groups (broad SMARTS) is 1. The molecule has 0 aromatic heterocycles. The Hall–Kier alpha value is -2.37. The van der Waals surface area contributed by atoms with Crippen molar-refractivity contribution in [2.24, 2.45) is 5.11 Å². The van der Waals surface area contributed by atoms with Gasteiger partial charge in [-0.25, -0.2) is 4.79 Å². The van der Waals surface area contributed by atoms with Crippen LogP contribution in [0.1, 0.15) is 5.56 Å². The zero-order valence-electron chi connectivity index (χ0n) is 10.2. The van der Waals surface area contributed by atoms with Crippen molar-refractivity contribution in [1.82, 2.24) is 4.91 Å². The van der Waals surface area contributed by atoms with Gasteiger partial charge in [-0.15, -0.1) is 0 Å². The molecule has 0 aliphatic rings. The van der Waals surface area contributed by atoms with Gasteiger partial charge in [-0.3, -0.25) is 0 Å². The highest BCUT2D eigenvalue weighted by Crippen LogP contribution is 2.38. The molecule has 1 aromatic rings. The molecule has 0 aliphatic heterocycles. The Morgan fingerprint density at radius 3 is 2.63 bits per heavy atom. The number of benzene rings is 1. The predicted octanol–water partition coefficient (Wildman–Crippen LogP) is 2.33. The molecule has 0 heterocycles. The first kappa shape index (κ1) is 14.7. The summed E-state index contributed by atoms with van der Waals surface area (Å²) >= 11 is 6.08. The molecular weight excluding hydrogens is 274 g/mol. The number of carbonyl (C=O) groups is 1. The molecule has 0 fully saturated rings. The van der Waals surface area contributed by atoms with Gasteiger partial charge in [-0.2, -0.15) is 0 Å². The van der Waals surface area contributed by atoms with Crippen LogP contribution in [0.3, 0.4) is 0 Å². The lowest BCUT2D eigenvalue weighted by molar-refractivity contribution is -0.132. The van der Waals surface area contributed by atoms with Gasteiger partial charge in [-0.05, 0) is 23.8 Å². The first-order valence-corrected chi connectivity index (χ1v) is 5.35. The van der Waals surface area contributed by atoms with Gasteiger partial charge in [0.2, 0.25) is 10.6 Å². The monoisotopic (exact) mass is 284 g/mol. The summed E-state index contributed by atoms with van der Waals surface area (Å²) in [5.41, 5.74) is 6.52. The van der Waals surface area contributed by atoms with E-state index < -0.39 is 11.7 Å². The van der Waals surface area contributed by atoms with Crippen molar-refractivity contribution in [2.45, 2.75) is 0 Å². The average Bonchev–Trinajstić information content (AvgIpc) is 2.39. The number of hydrogen-bond acceptors (Lipinski definition) is 5. The number of carboxylic acids is 1. The molecule has 1 aromatic carbocycles. The highest BCUT2D eigenvalue weighted by molar-refractivity contribution is 6.34. The highest BCUT2D eigenvalue weighted by Gasteiger charge is 2.16. The van der Waals surface area contributed by atoms with Crippen molar-refractivity contribution >= 4 is 23.6 Å². The minimum absolute atomic E-state index is 0.181. The lowest BCUT2D eigenvalue weighted by atomic mass is 10.1. The lowest BCUT2D eigenvalue weighted by Gasteiger charge is -2.10. The van der Waals surface area contributed by atoms with Crippen LogP contribution in [0.2, 0.25) is 5.02 Å². The van der Waals surface area contributed by atoms with Crippen molar-refractivity contribution in [2.75, 3.05) is 14.2 Å². The predicted molar refractivity (Wildman–Crippen MR) is 67.5 cm³/mol. The molecule has 0 amide bonds. The second-order valence-corrected chi connectivity index (χ2v) is 3.62. The Morgan fingerprint density at radius 1 is 1.47 bits per heavy atom. The molecule has 0 spiro atoms. The largest absolute Gasteiger partial charge is 0.493 e. The second kappa shape index (κ2) is 6.53. The molecule has 0 atom stereocenters. The fourth-order valence-corrected chi connectivity index (χ4v) is 1.64. The Morgan fingerprint density at radius 2 is 2.16 bits per heavy atom. The quantitative estimate of drug-likeness (QED) is 0.491. The van der Waals surface area contributed by atoms with E-state index in [0.717, 1.165) is 0 Å². The van der Waals surface area contributed by atoms with Crippen LogP contribution in [-0.4, -0.2) is 25.3 Å². The summed E-state index contributed by atoms with van der Waals surface area (Å²) in [4.78, 5) is 13.6. The Kier molecular flexibility index (Phi) is 5.05. The van der Waals surface area contributed by atoms with E-state index in [4.69, 9.17) is 31.7 Å². The molecule has 2 N–H and O–H groups in total. The Balaban J connectivity index is 3.40. The van der Waals surface area contributed by atoms with Crippen molar-refractivity contribution in [1.29, 1.82) is 5.53 Å². The number of nitrogens with zero attached hydrogens (tertiary/aromatic N) is 2. The van der Waals surface area contributed by atoms with Gasteiger partial charge in [0.05, 0.1) is 19.2 Å². The molecule has 8 heteroatoms. The minimum Gasteiger partial charge on any atom is -0.493 e. The zero-order chi connectivity index (χ0) is 14.4. The standard InChI is InChI=1S/C11H10ClN3O4/c1-18-8-4-3-6(9(12)10(8)19-2)5-7(11(16)17)14-15-13/h3-5,13H,1-2H3/p+1/b7-5-. The van der Waals surface area contributed by atoms with Crippen LogP contribution in [0.15, 0.2) is 22.9 Å².